The maximum atomic E-state index is 12.1. The molecule has 1 aromatic heterocycles. The summed E-state index contributed by atoms with van der Waals surface area (Å²) in [5.74, 6) is 1.07. The fourth-order valence-electron chi connectivity index (χ4n) is 3.53. The molecule has 30 heavy (non-hydrogen) atoms. The minimum Gasteiger partial charge on any atom is -0.318 e. The molecule has 1 heterocycles. The van der Waals surface area contributed by atoms with Gasteiger partial charge < -0.3 is 4.57 Å². The first-order chi connectivity index (χ1) is 14.3. The van der Waals surface area contributed by atoms with E-state index in [1.165, 1.54) is 16.7 Å². The van der Waals surface area contributed by atoms with Crippen LogP contribution in [-0.4, -0.2) is 22.4 Å². The summed E-state index contributed by atoms with van der Waals surface area (Å²) >= 11 is 7.58. The molecule has 3 rings (SSSR count). The molecule has 1 N–H and O–H groups in total. The Kier molecular flexibility index (Phi) is 7.40. The fourth-order valence-corrected chi connectivity index (χ4v) is 4.41. The van der Waals surface area contributed by atoms with Gasteiger partial charge in [0.1, 0.15) is 0 Å². The van der Waals surface area contributed by atoms with Crippen LogP contribution in [0.4, 0.5) is 0 Å². The number of hydrogen-bond acceptors (Lipinski definition) is 3. The van der Waals surface area contributed by atoms with E-state index in [9.17, 15) is 4.79 Å². The molecule has 6 heteroatoms. The minimum absolute atomic E-state index is 0.105. The number of carbonyl (C=O) groups is 1. The number of hydrazone groups is 1. The Balaban J connectivity index is 1.55. The van der Waals surface area contributed by atoms with Crippen molar-refractivity contribution < 1.29 is 4.79 Å². The second-order valence-corrected chi connectivity index (χ2v) is 8.84. The summed E-state index contributed by atoms with van der Waals surface area (Å²) in [4.78, 5) is 12.1. The van der Waals surface area contributed by atoms with Gasteiger partial charge in [0.2, 0.25) is 5.91 Å². The van der Waals surface area contributed by atoms with E-state index in [0.717, 1.165) is 28.4 Å². The predicted molar refractivity (Wildman–Crippen MR) is 128 cm³/mol. The maximum Gasteiger partial charge on any atom is 0.250 e. The van der Waals surface area contributed by atoms with Gasteiger partial charge >= 0.3 is 0 Å². The molecule has 0 saturated heterocycles. The zero-order valence-corrected chi connectivity index (χ0v) is 19.3. The van der Waals surface area contributed by atoms with Crippen molar-refractivity contribution in [1.82, 2.24) is 9.99 Å². The van der Waals surface area contributed by atoms with Crippen LogP contribution in [0.1, 0.15) is 33.6 Å². The molecule has 156 valence electrons. The highest BCUT2D eigenvalue weighted by molar-refractivity contribution is 7.99. The van der Waals surface area contributed by atoms with Crippen molar-refractivity contribution in [1.29, 1.82) is 0 Å². The number of carbonyl (C=O) groups excluding carboxylic acids is 1. The number of nitrogens with one attached hydrogen (secondary N) is 1. The van der Waals surface area contributed by atoms with Gasteiger partial charge in [0.15, 0.2) is 0 Å². The van der Waals surface area contributed by atoms with Crippen LogP contribution in [0.25, 0.3) is 5.69 Å². The molecule has 0 saturated carbocycles. The molecule has 0 fully saturated rings. The Morgan fingerprint density at radius 3 is 2.40 bits per heavy atom. The monoisotopic (exact) mass is 439 g/mol. The van der Waals surface area contributed by atoms with E-state index < -0.39 is 0 Å². The third-order valence-electron chi connectivity index (χ3n) is 4.73. The molecule has 1 amide bonds. The zero-order valence-electron chi connectivity index (χ0n) is 17.7. The lowest BCUT2D eigenvalue weighted by atomic mass is 10.1. The number of halogens is 1. The van der Waals surface area contributed by atoms with Crippen LogP contribution in [-0.2, 0) is 10.5 Å². The second-order valence-electron chi connectivity index (χ2n) is 7.42. The van der Waals surface area contributed by atoms with Crippen molar-refractivity contribution in [2.24, 2.45) is 5.10 Å². The van der Waals surface area contributed by atoms with Crippen LogP contribution in [0.3, 0.4) is 0 Å². The Morgan fingerprint density at radius 2 is 1.73 bits per heavy atom. The SMILES string of the molecule is Cc1cc(C)cc(CSCC(=O)N/N=C\c2cc(C)n(-c3ccc(Cl)cc3)c2C)c1. The lowest BCUT2D eigenvalue weighted by Gasteiger charge is -2.09. The number of rotatable bonds is 7. The summed E-state index contributed by atoms with van der Waals surface area (Å²) in [6.45, 7) is 8.25. The molecule has 0 aliphatic heterocycles. The van der Waals surface area contributed by atoms with Crippen LogP contribution < -0.4 is 5.43 Å². The normalized spacial score (nSPS) is 11.2. The van der Waals surface area contributed by atoms with Crippen LogP contribution in [0.5, 0.6) is 0 Å². The first-order valence-corrected chi connectivity index (χ1v) is 11.3. The van der Waals surface area contributed by atoms with E-state index in [2.05, 4.69) is 53.2 Å². The highest BCUT2D eigenvalue weighted by atomic mass is 35.5. The predicted octanol–water partition coefficient (Wildman–Crippen LogP) is 5.75. The molecule has 2 aromatic carbocycles. The molecule has 0 bridgehead atoms. The van der Waals surface area contributed by atoms with Crippen molar-refractivity contribution >= 4 is 35.5 Å². The summed E-state index contributed by atoms with van der Waals surface area (Å²) in [6, 6.07) is 16.2. The molecular formula is C24H26ClN3OS. The zero-order chi connectivity index (χ0) is 21.7. The first kappa shape index (κ1) is 22.2. The molecule has 0 aliphatic carbocycles. The van der Waals surface area contributed by atoms with E-state index in [0.29, 0.717) is 10.8 Å². The Bertz CT molecular complexity index is 1050. The number of hydrogen-bond donors (Lipinski definition) is 1. The third kappa shape index (κ3) is 5.77. The Hall–Kier alpha value is -2.50. The van der Waals surface area contributed by atoms with E-state index >= 15 is 0 Å². The summed E-state index contributed by atoms with van der Waals surface area (Å²) in [5, 5.41) is 4.86. The fraction of sp³-hybridized carbons (Fsp3) is 0.250. The number of benzene rings is 2. The van der Waals surface area contributed by atoms with Crippen molar-refractivity contribution in [3.63, 3.8) is 0 Å². The van der Waals surface area contributed by atoms with Crippen LogP contribution in [0, 0.1) is 27.7 Å². The highest BCUT2D eigenvalue weighted by Crippen LogP contribution is 2.21. The number of thioether (sulfide) groups is 1. The topological polar surface area (TPSA) is 46.4 Å². The average Bonchev–Trinajstić information content (AvgIpc) is 2.95. The van der Waals surface area contributed by atoms with Crippen molar-refractivity contribution in [2.75, 3.05) is 5.75 Å². The maximum absolute atomic E-state index is 12.1. The first-order valence-electron chi connectivity index (χ1n) is 9.75. The van der Waals surface area contributed by atoms with Crippen LogP contribution in [0.2, 0.25) is 5.02 Å². The third-order valence-corrected chi connectivity index (χ3v) is 5.99. The van der Waals surface area contributed by atoms with Gasteiger partial charge in [-0.3, -0.25) is 4.79 Å². The van der Waals surface area contributed by atoms with Gasteiger partial charge in [-0.1, -0.05) is 40.9 Å². The number of aromatic nitrogens is 1. The van der Waals surface area contributed by atoms with E-state index in [4.69, 9.17) is 11.6 Å². The number of amides is 1. The summed E-state index contributed by atoms with van der Waals surface area (Å²) in [6.07, 6.45) is 1.70. The van der Waals surface area contributed by atoms with Crippen molar-refractivity contribution in [2.45, 2.75) is 33.4 Å². The van der Waals surface area contributed by atoms with Gasteiger partial charge in [-0.25, -0.2) is 5.43 Å². The van der Waals surface area contributed by atoms with Crippen molar-refractivity contribution in [3.8, 4) is 5.69 Å². The average molecular weight is 440 g/mol. The number of aryl methyl sites for hydroxylation is 3. The molecule has 0 unspecified atom stereocenters. The Morgan fingerprint density at radius 1 is 1.07 bits per heavy atom. The van der Waals surface area contributed by atoms with Gasteiger partial charge in [-0.05, 0) is 63.6 Å². The van der Waals surface area contributed by atoms with E-state index in [1.807, 2.05) is 38.1 Å². The lowest BCUT2D eigenvalue weighted by molar-refractivity contribution is -0.118. The molecule has 0 aliphatic rings. The molecule has 0 atom stereocenters. The van der Waals surface area contributed by atoms with Crippen LogP contribution >= 0.6 is 23.4 Å². The Labute approximate surface area is 187 Å². The molecule has 0 radical (unpaired) electrons. The summed E-state index contributed by atoms with van der Waals surface area (Å²) in [5.41, 5.74) is 10.5. The second kappa shape index (κ2) is 10.0. The summed E-state index contributed by atoms with van der Waals surface area (Å²) in [7, 11) is 0. The van der Waals surface area contributed by atoms with Gasteiger partial charge in [-0.15, -0.1) is 11.8 Å². The quantitative estimate of drug-likeness (QED) is 0.376. The van der Waals surface area contributed by atoms with Gasteiger partial charge in [0.25, 0.3) is 0 Å². The van der Waals surface area contributed by atoms with Crippen molar-refractivity contribution in [3.05, 3.63) is 87.2 Å². The molecule has 4 nitrogen and oxygen atoms in total. The van der Waals surface area contributed by atoms with Gasteiger partial charge in [0, 0.05) is 33.4 Å². The minimum atomic E-state index is -0.105. The highest BCUT2D eigenvalue weighted by Gasteiger charge is 2.09. The van der Waals surface area contributed by atoms with Gasteiger partial charge in [0.05, 0.1) is 12.0 Å². The number of nitrogens with zero attached hydrogens (tertiary/aromatic N) is 2. The smallest absolute Gasteiger partial charge is 0.250 e. The largest absolute Gasteiger partial charge is 0.318 e. The lowest BCUT2D eigenvalue weighted by Crippen LogP contribution is -2.19. The molecular weight excluding hydrogens is 414 g/mol. The summed E-state index contributed by atoms with van der Waals surface area (Å²) < 4.78 is 2.14. The van der Waals surface area contributed by atoms with E-state index in [-0.39, 0.29) is 5.91 Å². The van der Waals surface area contributed by atoms with Gasteiger partial charge in [-0.2, -0.15) is 5.10 Å². The molecule has 0 spiro atoms. The van der Waals surface area contributed by atoms with E-state index in [1.54, 1.807) is 18.0 Å². The standard InChI is InChI=1S/C24H26ClN3OS/c1-16-9-17(2)11-20(10-16)14-30-15-24(29)27-26-13-21-12-18(3)28(19(21)4)23-7-5-22(25)6-8-23/h5-13H,14-15H2,1-4H3,(H,27,29)/b26-13-. The molecule has 3 aromatic rings. The van der Waals surface area contributed by atoms with Crippen LogP contribution in [0.15, 0.2) is 53.6 Å².